The molecule has 1 atom stereocenters. The first-order valence-corrected chi connectivity index (χ1v) is 8.49. The Kier molecular flexibility index (Phi) is 3.67. The number of fused-ring (bicyclic) bond motifs is 1. The lowest BCUT2D eigenvalue weighted by atomic mass is 9.74. The summed E-state index contributed by atoms with van der Waals surface area (Å²) < 4.78 is 2.05. The molecule has 6 heteroatoms. The average molecular weight is 334 g/mol. The molecule has 0 saturated carbocycles. The molecule has 0 radical (unpaired) electrons. The van der Waals surface area contributed by atoms with Crippen LogP contribution in [-0.4, -0.2) is 19.7 Å². The van der Waals surface area contributed by atoms with Crippen molar-refractivity contribution in [2.75, 3.05) is 11.1 Å². The van der Waals surface area contributed by atoms with Gasteiger partial charge in [-0.05, 0) is 36.5 Å². The number of benzene rings is 1. The van der Waals surface area contributed by atoms with Crippen LogP contribution in [0.2, 0.25) is 0 Å². The molecule has 0 spiro atoms. The fourth-order valence-electron chi connectivity index (χ4n) is 3.60. The number of para-hydroxylation sites is 1. The van der Waals surface area contributed by atoms with Crippen LogP contribution >= 0.6 is 0 Å². The summed E-state index contributed by atoms with van der Waals surface area (Å²) in [6.07, 6.45) is 5.64. The Morgan fingerprint density at radius 1 is 1.20 bits per heavy atom. The molecule has 0 bridgehead atoms. The molecule has 3 aromatic rings. The summed E-state index contributed by atoms with van der Waals surface area (Å²) in [5.74, 6) is 1.02. The SMILES string of the molecule is CC1(C)Cc2c(cnn2-c2ccccc2)[C@H](Nc2ccnc(N)n2)C1. The average Bonchev–Trinajstić information content (AvgIpc) is 2.98. The van der Waals surface area contributed by atoms with E-state index in [0.717, 1.165) is 24.3 Å². The maximum Gasteiger partial charge on any atom is 0.221 e. The maximum absolute atomic E-state index is 5.71. The van der Waals surface area contributed by atoms with E-state index in [2.05, 4.69) is 51.0 Å². The van der Waals surface area contributed by atoms with Crippen molar-refractivity contribution in [3.8, 4) is 5.69 Å². The molecule has 1 aliphatic rings. The Morgan fingerprint density at radius 2 is 2.00 bits per heavy atom. The number of nitrogens with zero attached hydrogens (tertiary/aromatic N) is 4. The van der Waals surface area contributed by atoms with E-state index in [-0.39, 0.29) is 17.4 Å². The number of rotatable bonds is 3. The van der Waals surface area contributed by atoms with E-state index in [9.17, 15) is 0 Å². The lowest BCUT2D eigenvalue weighted by molar-refractivity contribution is 0.286. The molecule has 0 amide bonds. The monoisotopic (exact) mass is 334 g/mol. The van der Waals surface area contributed by atoms with Crippen molar-refractivity contribution in [1.29, 1.82) is 0 Å². The first-order valence-electron chi connectivity index (χ1n) is 8.49. The van der Waals surface area contributed by atoms with Gasteiger partial charge in [-0.2, -0.15) is 10.1 Å². The van der Waals surface area contributed by atoms with Crippen LogP contribution in [0.25, 0.3) is 5.69 Å². The fraction of sp³-hybridized carbons (Fsp3) is 0.316. The molecule has 6 nitrogen and oxygen atoms in total. The lowest BCUT2D eigenvalue weighted by Gasteiger charge is -2.36. The van der Waals surface area contributed by atoms with Crippen LogP contribution in [0.5, 0.6) is 0 Å². The van der Waals surface area contributed by atoms with Gasteiger partial charge in [0.2, 0.25) is 5.95 Å². The zero-order valence-corrected chi connectivity index (χ0v) is 14.5. The molecule has 128 valence electrons. The van der Waals surface area contributed by atoms with Crippen LogP contribution in [0.1, 0.15) is 37.6 Å². The van der Waals surface area contributed by atoms with Gasteiger partial charge in [0.25, 0.3) is 0 Å². The second-order valence-corrected chi connectivity index (χ2v) is 7.34. The Morgan fingerprint density at radius 3 is 2.76 bits per heavy atom. The summed E-state index contributed by atoms with van der Waals surface area (Å²) in [4.78, 5) is 8.24. The number of hydrogen-bond acceptors (Lipinski definition) is 5. The minimum absolute atomic E-state index is 0.144. The quantitative estimate of drug-likeness (QED) is 0.767. The third kappa shape index (κ3) is 3.07. The van der Waals surface area contributed by atoms with Crippen molar-refractivity contribution in [3.05, 3.63) is 60.0 Å². The second-order valence-electron chi connectivity index (χ2n) is 7.34. The van der Waals surface area contributed by atoms with E-state index in [0.29, 0.717) is 0 Å². The zero-order valence-electron chi connectivity index (χ0n) is 14.5. The van der Waals surface area contributed by atoms with Gasteiger partial charge in [0.15, 0.2) is 0 Å². The van der Waals surface area contributed by atoms with E-state index in [1.54, 1.807) is 6.20 Å². The van der Waals surface area contributed by atoms with Crippen LogP contribution in [0.3, 0.4) is 0 Å². The van der Waals surface area contributed by atoms with E-state index in [1.165, 1.54) is 11.3 Å². The summed E-state index contributed by atoms with van der Waals surface area (Å²) in [7, 11) is 0. The van der Waals surface area contributed by atoms with Crippen LogP contribution in [-0.2, 0) is 6.42 Å². The number of nitrogens with two attached hydrogens (primary N) is 1. The third-order valence-electron chi connectivity index (χ3n) is 4.68. The van der Waals surface area contributed by atoms with E-state index in [4.69, 9.17) is 5.73 Å². The summed E-state index contributed by atoms with van der Waals surface area (Å²) in [6, 6.07) is 12.3. The summed E-state index contributed by atoms with van der Waals surface area (Å²) >= 11 is 0. The van der Waals surface area contributed by atoms with Gasteiger partial charge >= 0.3 is 0 Å². The van der Waals surface area contributed by atoms with Crippen LogP contribution in [0.4, 0.5) is 11.8 Å². The smallest absolute Gasteiger partial charge is 0.221 e. The van der Waals surface area contributed by atoms with Crippen molar-refractivity contribution in [2.24, 2.45) is 5.41 Å². The van der Waals surface area contributed by atoms with Gasteiger partial charge in [-0.25, -0.2) is 9.67 Å². The van der Waals surface area contributed by atoms with E-state index < -0.39 is 0 Å². The molecule has 2 aromatic heterocycles. The van der Waals surface area contributed by atoms with Crippen molar-refractivity contribution in [2.45, 2.75) is 32.7 Å². The molecule has 4 rings (SSSR count). The van der Waals surface area contributed by atoms with Gasteiger partial charge in [0, 0.05) is 11.8 Å². The molecule has 2 heterocycles. The van der Waals surface area contributed by atoms with Gasteiger partial charge in [-0.3, -0.25) is 0 Å². The molecule has 0 unspecified atom stereocenters. The zero-order chi connectivity index (χ0) is 17.4. The first kappa shape index (κ1) is 15.6. The molecule has 0 fully saturated rings. The van der Waals surface area contributed by atoms with Crippen molar-refractivity contribution in [1.82, 2.24) is 19.7 Å². The Hall–Kier alpha value is -2.89. The maximum atomic E-state index is 5.71. The number of aromatic nitrogens is 4. The molecule has 0 saturated heterocycles. The highest BCUT2D eigenvalue weighted by Gasteiger charge is 2.35. The highest BCUT2D eigenvalue weighted by molar-refractivity contribution is 5.44. The number of nitrogen functional groups attached to an aromatic ring is 1. The van der Waals surface area contributed by atoms with Gasteiger partial charge in [0.1, 0.15) is 5.82 Å². The van der Waals surface area contributed by atoms with E-state index >= 15 is 0 Å². The lowest BCUT2D eigenvalue weighted by Crippen LogP contribution is -2.30. The normalized spacial score (nSPS) is 18.6. The van der Waals surface area contributed by atoms with Crippen molar-refractivity contribution in [3.63, 3.8) is 0 Å². The topological polar surface area (TPSA) is 81.7 Å². The Balaban J connectivity index is 1.73. The fourth-order valence-corrected chi connectivity index (χ4v) is 3.60. The molecule has 1 aromatic carbocycles. The first-order chi connectivity index (χ1) is 12.0. The molecule has 1 aliphatic carbocycles. The minimum atomic E-state index is 0.144. The second kappa shape index (κ2) is 5.88. The number of anilines is 2. The highest BCUT2D eigenvalue weighted by atomic mass is 15.3. The predicted octanol–water partition coefficient (Wildman–Crippen LogP) is 3.37. The molecule has 3 N–H and O–H groups in total. The Labute approximate surface area is 147 Å². The van der Waals surface area contributed by atoms with Crippen LogP contribution in [0.15, 0.2) is 48.8 Å². The minimum Gasteiger partial charge on any atom is -0.368 e. The largest absolute Gasteiger partial charge is 0.368 e. The van der Waals surface area contributed by atoms with Gasteiger partial charge < -0.3 is 11.1 Å². The molecular weight excluding hydrogens is 312 g/mol. The van der Waals surface area contributed by atoms with Crippen LogP contribution in [0, 0.1) is 5.41 Å². The van der Waals surface area contributed by atoms with Gasteiger partial charge in [-0.15, -0.1) is 0 Å². The predicted molar refractivity (Wildman–Crippen MR) is 98.5 cm³/mol. The van der Waals surface area contributed by atoms with Crippen LogP contribution < -0.4 is 11.1 Å². The molecule has 25 heavy (non-hydrogen) atoms. The Bertz CT molecular complexity index is 884. The molecule has 0 aliphatic heterocycles. The van der Waals surface area contributed by atoms with Crippen molar-refractivity contribution >= 4 is 11.8 Å². The summed E-state index contributed by atoms with van der Waals surface area (Å²) in [6.45, 7) is 4.59. The third-order valence-corrected chi connectivity index (χ3v) is 4.68. The summed E-state index contributed by atoms with van der Waals surface area (Å²) in [5, 5.41) is 8.18. The molecular formula is C19H22N6. The summed E-state index contributed by atoms with van der Waals surface area (Å²) in [5.41, 5.74) is 9.44. The van der Waals surface area contributed by atoms with Gasteiger partial charge in [0.05, 0.1) is 23.6 Å². The van der Waals surface area contributed by atoms with E-state index in [1.807, 2.05) is 30.5 Å². The number of hydrogen-bond donors (Lipinski definition) is 2. The standard InChI is InChI=1S/C19H22N6/c1-19(2)10-15(23-17-8-9-21-18(20)24-17)14-12-22-25(16(14)11-19)13-6-4-3-5-7-13/h3-9,12,15H,10-11H2,1-2H3,(H3,20,21,23,24)/t15-/m1/s1. The van der Waals surface area contributed by atoms with Crippen molar-refractivity contribution < 1.29 is 0 Å². The highest BCUT2D eigenvalue weighted by Crippen LogP contribution is 2.42. The number of nitrogens with one attached hydrogen (secondary N) is 1. The van der Waals surface area contributed by atoms with Gasteiger partial charge in [-0.1, -0.05) is 32.0 Å².